The second-order valence-electron chi connectivity index (χ2n) is 7.91. The molecule has 7 heteroatoms. The molecule has 2 aromatic heterocycles. The lowest BCUT2D eigenvalue weighted by Gasteiger charge is -2.31. The fraction of sp³-hybridized carbons (Fsp3) is 0.292. The first-order valence-electron chi connectivity index (χ1n) is 10.4. The number of amides is 1. The number of hydrogen-bond acceptors (Lipinski definition) is 6. The Morgan fingerprint density at radius 3 is 2.58 bits per heavy atom. The molecule has 31 heavy (non-hydrogen) atoms. The summed E-state index contributed by atoms with van der Waals surface area (Å²) in [6.45, 7) is 5.42. The second kappa shape index (κ2) is 8.15. The maximum absolute atomic E-state index is 12.9. The summed E-state index contributed by atoms with van der Waals surface area (Å²) in [4.78, 5) is 19.4. The van der Waals surface area contributed by atoms with Gasteiger partial charge in [0, 0.05) is 37.6 Å². The van der Waals surface area contributed by atoms with Crippen LogP contribution in [0.4, 0.5) is 0 Å². The van der Waals surface area contributed by atoms with Crippen LogP contribution < -0.4 is 4.74 Å². The lowest BCUT2D eigenvalue weighted by molar-refractivity contribution is 0.0586. The highest BCUT2D eigenvalue weighted by Gasteiger charge is 2.27. The third-order valence-electron chi connectivity index (χ3n) is 5.71. The van der Waals surface area contributed by atoms with E-state index in [1.807, 2.05) is 35.2 Å². The van der Waals surface area contributed by atoms with Crippen molar-refractivity contribution in [3.63, 3.8) is 0 Å². The number of carbonyl (C=O) groups is 1. The van der Waals surface area contributed by atoms with E-state index >= 15 is 0 Å². The van der Waals surface area contributed by atoms with Crippen molar-refractivity contribution in [2.24, 2.45) is 0 Å². The Labute approximate surface area is 184 Å². The van der Waals surface area contributed by atoms with Crippen molar-refractivity contribution in [1.82, 2.24) is 15.0 Å². The molecule has 1 fully saturated rings. The van der Waals surface area contributed by atoms with Crippen LogP contribution in [0.25, 0.3) is 21.5 Å². The van der Waals surface area contributed by atoms with Gasteiger partial charge in [0.05, 0.1) is 10.2 Å². The monoisotopic (exact) mass is 433 g/mol. The Morgan fingerprint density at radius 1 is 1.10 bits per heavy atom. The predicted molar refractivity (Wildman–Crippen MR) is 121 cm³/mol. The summed E-state index contributed by atoms with van der Waals surface area (Å²) >= 11 is 1.60. The molecule has 1 amide bonds. The highest BCUT2D eigenvalue weighted by atomic mass is 32.1. The number of aromatic nitrogens is 2. The topological polar surface area (TPSA) is 68.5 Å². The van der Waals surface area contributed by atoms with Crippen LogP contribution in [-0.4, -0.2) is 40.1 Å². The van der Waals surface area contributed by atoms with Gasteiger partial charge in [-0.15, -0.1) is 0 Å². The normalized spacial score (nSPS) is 14.8. The van der Waals surface area contributed by atoms with Gasteiger partial charge in [-0.1, -0.05) is 59.0 Å². The number of rotatable bonds is 4. The Hall–Kier alpha value is -3.19. The molecule has 0 bridgehead atoms. The van der Waals surface area contributed by atoms with Crippen molar-refractivity contribution in [1.29, 1.82) is 0 Å². The summed E-state index contributed by atoms with van der Waals surface area (Å²) in [5.74, 6) is 0.499. The van der Waals surface area contributed by atoms with Crippen LogP contribution in [0.1, 0.15) is 34.5 Å². The van der Waals surface area contributed by atoms with E-state index in [0.29, 0.717) is 29.7 Å². The highest BCUT2D eigenvalue weighted by molar-refractivity contribution is 7.20. The van der Waals surface area contributed by atoms with Crippen molar-refractivity contribution in [2.75, 3.05) is 13.1 Å². The Morgan fingerprint density at radius 2 is 1.84 bits per heavy atom. The molecule has 6 nitrogen and oxygen atoms in total. The molecule has 0 saturated carbocycles. The van der Waals surface area contributed by atoms with Gasteiger partial charge >= 0.3 is 0 Å². The van der Waals surface area contributed by atoms with Gasteiger partial charge < -0.3 is 14.2 Å². The van der Waals surface area contributed by atoms with Gasteiger partial charge in [-0.05, 0) is 25.0 Å². The number of aryl methyl sites for hydroxylation is 2. The first-order chi connectivity index (χ1) is 15.1. The minimum Gasteiger partial charge on any atom is -0.467 e. The molecule has 3 heterocycles. The average Bonchev–Trinajstić information content (AvgIpc) is 3.45. The minimum atomic E-state index is -0.101. The van der Waals surface area contributed by atoms with Gasteiger partial charge in [0.15, 0.2) is 11.5 Å². The molecule has 0 unspecified atom stereocenters. The second-order valence-corrected chi connectivity index (χ2v) is 8.87. The first-order valence-corrected chi connectivity index (χ1v) is 11.2. The summed E-state index contributed by atoms with van der Waals surface area (Å²) in [7, 11) is 0. The molecule has 1 aliphatic rings. The SMILES string of the molecule is Cc1ccc(C)c2sc(OC3CCN(C(=O)c4cc(-c5ccccc5)on4)CC3)nc12. The molecule has 0 aliphatic carbocycles. The van der Waals surface area contributed by atoms with Gasteiger partial charge in [0.25, 0.3) is 11.1 Å². The quantitative estimate of drug-likeness (QED) is 0.440. The number of thiazole rings is 1. The fourth-order valence-corrected chi connectivity index (χ4v) is 4.91. The number of ether oxygens (including phenoxy) is 1. The van der Waals surface area contributed by atoms with Gasteiger partial charge in [0.1, 0.15) is 6.10 Å². The van der Waals surface area contributed by atoms with E-state index in [2.05, 4.69) is 31.1 Å². The Bertz CT molecular complexity index is 1180. The van der Waals surface area contributed by atoms with E-state index in [9.17, 15) is 4.79 Å². The van der Waals surface area contributed by atoms with E-state index < -0.39 is 0 Å². The summed E-state index contributed by atoms with van der Waals surface area (Å²) in [6, 6.07) is 15.6. The molecule has 2 aromatic carbocycles. The van der Waals surface area contributed by atoms with Crippen LogP contribution in [0.3, 0.4) is 0 Å². The number of carbonyl (C=O) groups excluding carboxylic acids is 1. The van der Waals surface area contributed by atoms with Crippen LogP contribution in [0.5, 0.6) is 5.19 Å². The van der Waals surface area contributed by atoms with Crippen LogP contribution in [0, 0.1) is 13.8 Å². The molecular weight excluding hydrogens is 410 g/mol. The summed E-state index contributed by atoms with van der Waals surface area (Å²) in [5, 5.41) is 4.70. The zero-order valence-electron chi connectivity index (χ0n) is 17.5. The van der Waals surface area contributed by atoms with Crippen LogP contribution in [-0.2, 0) is 0 Å². The van der Waals surface area contributed by atoms with Gasteiger partial charge in [-0.2, -0.15) is 0 Å². The van der Waals surface area contributed by atoms with Crippen LogP contribution in [0.2, 0.25) is 0 Å². The number of benzene rings is 2. The molecular formula is C24H23N3O3S. The average molecular weight is 434 g/mol. The van der Waals surface area contributed by atoms with E-state index in [1.165, 1.54) is 10.3 Å². The lowest BCUT2D eigenvalue weighted by Crippen LogP contribution is -2.41. The standard InChI is InChI=1S/C24H23N3O3S/c1-15-8-9-16(2)22-21(15)25-24(31-22)29-18-10-12-27(13-11-18)23(28)19-14-20(30-26-19)17-6-4-3-5-7-17/h3-9,14,18H,10-13H2,1-2H3. The van der Waals surface area contributed by atoms with Gasteiger partial charge in [-0.25, -0.2) is 4.98 Å². The highest BCUT2D eigenvalue weighted by Crippen LogP contribution is 2.33. The molecule has 0 N–H and O–H groups in total. The van der Waals surface area contributed by atoms with Crippen molar-refractivity contribution in [2.45, 2.75) is 32.8 Å². The Kier molecular flexibility index (Phi) is 5.19. The summed E-state index contributed by atoms with van der Waals surface area (Å²) in [5.41, 5.74) is 4.65. The molecule has 0 spiro atoms. The van der Waals surface area contributed by atoms with E-state index in [-0.39, 0.29) is 12.0 Å². The number of hydrogen-bond donors (Lipinski definition) is 0. The molecule has 0 radical (unpaired) electrons. The minimum absolute atomic E-state index is 0.0578. The van der Waals surface area contributed by atoms with E-state index in [4.69, 9.17) is 14.2 Å². The number of piperidine rings is 1. The Balaban J connectivity index is 1.22. The summed E-state index contributed by atoms with van der Waals surface area (Å²) < 4.78 is 12.7. The van der Waals surface area contributed by atoms with Crippen molar-refractivity contribution < 1.29 is 14.1 Å². The van der Waals surface area contributed by atoms with E-state index in [1.54, 1.807) is 17.4 Å². The lowest BCUT2D eigenvalue weighted by atomic mass is 10.1. The smallest absolute Gasteiger partial charge is 0.276 e. The molecule has 158 valence electrons. The number of nitrogens with zero attached hydrogens (tertiary/aromatic N) is 3. The predicted octanol–water partition coefficient (Wildman–Crippen LogP) is 5.25. The first kappa shape index (κ1) is 19.8. The molecule has 5 rings (SSSR count). The van der Waals surface area contributed by atoms with Crippen molar-refractivity contribution >= 4 is 27.5 Å². The zero-order valence-corrected chi connectivity index (χ0v) is 18.3. The molecule has 0 atom stereocenters. The third-order valence-corrected chi connectivity index (χ3v) is 6.79. The maximum Gasteiger partial charge on any atom is 0.276 e. The molecule has 1 aliphatic heterocycles. The zero-order chi connectivity index (χ0) is 21.4. The molecule has 1 saturated heterocycles. The van der Waals surface area contributed by atoms with Crippen LogP contribution in [0.15, 0.2) is 53.1 Å². The molecule has 4 aromatic rings. The summed E-state index contributed by atoms with van der Waals surface area (Å²) in [6.07, 6.45) is 1.59. The largest absolute Gasteiger partial charge is 0.467 e. The van der Waals surface area contributed by atoms with Crippen molar-refractivity contribution in [3.05, 3.63) is 65.4 Å². The van der Waals surface area contributed by atoms with Crippen molar-refractivity contribution in [3.8, 4) is 16.5 Å². The number of likely N-dealkylation sites (tertiary alicyclic amines) is 1. The fourth-order valence-electron chi connectivity index (χ4n) is 3.89. The number of fused-ring (bicyclic) bond motifs is 1. The van der Waals surface area contributed by atoms with E-state index in [0.717, 1.165) is 29.5 Å². The maximum atomic E-state index is 12.9. The van der Waals surface area contributed by atoms with Gasteiger partial charge in [-0.3, -0.25) is 4.79 Å². The third kappa shape index (κ3) is 3.93. The van der Waals surface area contributed by atoms with Crippen LogP contribution >= 0.6 is 11.3 Å². The van der Waals surface area contributed by atoms with Gasteiger partial charge in [0.2, 0.25) is 0 Å².